The Bertz CT molecular complexity index is 835. The molecule has 0 fully saturated rings. The van der Waals surface area contributed by atoms with E-state index in [1.807, 2.05) is 30.3 Å². The summed E-state index contributed by atoms with van der Waals surface area (Å²) in [7, 11) is 0. The molecule has 1 unspecified atom stereocenters. The van der Waals surface area contributed by atoms with E-state index in [4.69, 9.17) is 0 Å². The van der Waals surface area contributed by atoms with Crippen LogP contribution in [0.5, 0.6) is 0 Å². The molecule has 2 N–H and O–H groups in total. The first kappa shape index (κ1) is 15.8. The summed E-state index contributed by atoms with van der Waals surface area (Å²) in [5.74, 6) is -1.09. The number of nitrogens with zero attached hydrogens (tertiary/aromatic N) is 3. The normalized spacial score (nSPS) is 11.9. The Kier molecular flexibility index (Phi) is 4.62. The highest BCUT2D eigenvalue weighted by molar-refractivity contribution is 5.90. The fourth-order valence-electron chi connectivity index (χ4n) is 2.20. The summed E-state index contributed by atoms with van der Waals surface area (Å²) in [5.41, 5.74) is 0.899. The van der Waals surface area contributed by atoms with Crippen molar-refractivity contribution in [2.75, 3.05) is 6.54 Å². The van der Waals surface area contributed by atoms with Crippen molar-refractivity contribution in [1.82, 2.24) is 20.1 Å². The van der Waals surface area contributed by atoms with Gasteiger partial charge in [0.1, 0.15) is 12.1 Å². The summed E-state index contributed by atoms with van der Waals surface area (Å²) in [6, 6.07) is 15.1. The topological polar surface area (TPSA) is 80.0 Å². The molecule has 7 heteroatoms. The van der Waals surface area contributed by atoms with Gasteiger partial charge in [0.05, 0.1) is 11.8 Å². The first-order valence-electron chi connectivity index (χ1n) is 7.33. The van der Waals surface area contributed by atoms with E-state index in [1.54, 1.807) is 6.07 Å². The number of amides is 1. The molecule has 0 saturated carbocycles. The zero-order chi connectivity index (χ0) is 16.9. The maximum absolute atomic E-state index is 13.6. The zero-order valence-corrected chi connectivity index (χ0v) is 12.6. The third-order valence-corrected chi connectivity index (χ3v) is 3.44. The number of carbonyl (C=O) groups is 1. The van der Waals surface area contributed by atoms with E-state index in [9.17, 15) is 14.3 Å². The number of hydrogen-bond donors (Lipinski definition) is 2. The van der Waals surface area contributed by atoms with Crippen LogP contribution in [0.2, 0.25) is 0 Å². The maximum atomic E-state index is 13.6. The molecule has 122 valence electrons. The molecule has 3 rings (SSSR count). The molecule has 1 aromatic heterocycles. The van der Waals surface area contributed by atoms with Crippen LogP contribution in [0.4, 0.5) is 4.39 Å². The number of carbonyl (C=O) groups excluding carboxylic acids is 1. The van der Waals surface area contributed by atoms with Crippen molar-refractivity contribution in [3.05, 3.63) is 78.1 Å². The van der Waals surface area contributed by atoms with Crippen LogP contribution in [0.25, 0.3) is 5.69 Å². The molecule has 1 heterocycles. The van der Waals surface area contributed by atoms with Gasteiger partial charge in [-0.25, -0.2) is 14.1 Å². The predicted molar refractivity (Wildman–Crippen MR) is 85.1 cm³/mol. The fourth-order valence-corrected chi connectivity index (χ4v) is 2.20. The molecule has 3 aromatic rings. The number of nitrogens with one attached hydrogen (secondary N) is 1. The standard InChI is InChI=1S/C17H15FN4O2/c18-14-9-5-4-8-13(14)15(23)10-19-17(24)16-20-11-22(21-16)12-6-2-1-3-7-12/h1-9,11,15,23H,10H2,(H,19,24). The lowest BCUT2D eigenvalue weighted by atomic mass is 10.1. The fraction of sp³-hybridized carbons (Fsp3) is 0.118. The number of hydrogen-bond acceptors (Lipinski definition) is 4. The average molecular weight is 326 g/mol. The minimum absolute atomic E-state index is 0.0282. The van der Waals surface area contributed by atoms with E-state index in [-0.39, 0.29) is 17.9 Å². The SMILES string of the molecule is O=C(NCC(O)c1ccccc1F)c1ncn(-c2ccccc2)n1. The Morgan fingerprint density at radius 3 is 2.62 bits per heavy atom. The number of aliphatic hydroxyl groups excluding tert-OH is 1. The second kappa shape index (κ2) is 7.01. The van der Waals surface area contributed by atoms with E-state index in [0.29, 0.717) is 0 Å². The van der Waals surface area contributed by atoms with Gasteiger partial charge in [-0.2, -0.15) is 0 Å². The smallest absolute Gasteiger partial charge is 0.291 e. The van der Waals surface area contributed by atoms with Crippen LogP contribution in [0.15, 0.2) is 60.9 Å². The number of halogens is 1. The van der Waals surface area contributed by atoms with Crippen molar-refractivity contribution in [2.24, 2.45) is 0 Å². The molecule has 0 bridgehead atoms. The molecule has 1 amide bonds. The van der Waals surface area contributed by atoms with Crippen molar-refractivity contribution in [2.45, 2.75) is 6.10 Å². The lowest BCUT2D eigenvalue weighted by Gasteiger charge is -2.12. The second-order valence-electron chi connectivity index (χ2n) is 5.10. The van der Waals surface area contributed by atoms with Crippen LogP contribution in [-0.4, -0.2) is 32.3 Å². The minimum atomic E-state index is -1.15. The molecular weight excluding hydrogens is 311 g/mol. The Morgan fingerprint density at radius 2 is 1.88 bits per heavy atom. The third kappa shape index (κ3) is 3.47. The van der Waals surface area contributed by atoms with Crippen LogP contribution in [0, 0.1) is 5.82 Å². The lowest BCUT2D eigenvalue weighted by molar-refractivity contribution is 0.0904. The van der Waals surface area contributed by atoms with E-state index >= 15 is 0 Å². The van der Waals surface area contributed by atoms with Gasteiger partial charge in [0.15, 0.2) is 0 Å². The largest absolute Gasteiger partial charge is 0.386 e. The lowest BCUT2D eigenvalue weighted by Crippen LogP contribution is -2.29. The second-order valence-corrected chi connectivity index (χ2v) is 5.10. The van der Waals surface area contributed by atoms with Crippen molar-refractivity contribution >= 4 is 5.91 Å². The predicted octanol–water partition coefficient (Wildman–Crippen LogP) is 1.87. The molecule has 1 atom stereocenters. The van der Waals surface area contributed by atoms with E-state index in [0.717, 1.165) is 5.69 Å². The first-order valence-corrected chi connectivity index (χ1v) is 7.33. The van der Waals surface area contributed by atoms with Gasteiger partial charge in [0.2, 0.25) is 5.82 Å². The number of rotatable bonds is 5. The molecule has 0 aliphatic carbocycles. The van der Waals surface area contributed by atoms with Crippen molar-refractivity contribution < 1.29 is 14.3 Å². The summed E-state index contributed by atoms with van der Waals surface area (Å²) >= 11 is 0. The van der Waals surface area contributed by atoms with E-state index < -0.39 is 17.8 Å². The Morgan fingerprint density at radius 1 is 1.17 bits per heavy atom. The molecule has 0 radical (unpaired) electrons. The highest BCUT2D eigenvalue weighted by atomic mass is 19.1. The first-order chi connectivity index (χ1) is 11.6. The van der Waals surface area contributed by atoms with Gasteiger partial charge in [0.25, 0.3) is 5.91 Å². The quantitative estimate of drug-likeness (QED) is 0.750. The van der Waals surface area contributed by atoms with E-state index in [2.05, 4.69) is 15.4 Å². The van der Waals surface area contributed by atoms with Crippen molar-refractivity contribution in [1.29, 1.82) is 0 Å². The van der Waals surface area contributed by atoms with Crippen LogP contribution in [0.1, 0.15) is 22.3 Å². The Balaban J connectivity index is 1.64. The Hall–Kier alpha value is -3.06. The van der Waals surface area contributed by atoms with Gasteiger partial charge in [-0.05, 0) is 18.2 Å². The van der Waals surface area contributed by atoms with Gasteiger partial charge in [-0.3, -0.25) is 4.79 Å². The summed E-state index contributed by atoms with van der Waals surface area (Å²) < 4.78 is 15.1. The minimum Gasteiger partial charge on any atom is -0.386 e. The number of benzene rings is 2. The maximum Gasteiger partial charge on any atom is 0.291 e. The highest BCUT2D eigenvalue weighted by Crippen LogP contribution is 2.15. The summed E-state index contributed by atoms with van der Waals surface area (Å²) in [6.07, 6.45) is 0.281. The number of para-hydroxylation sites is 1. The molecule has 0 aliphatic rings. The molecule has 0 aliphatic heterocycles. The van der Waals surface area contributed by atoms with E-state index in [1.165, 1.54) is 29.2 Å². The summed E-state index contributed by atoms with van der Waals surface area (Å²) in [5, 5.41) is 16.6. The summed E-state index contributed by atoms with van der Waals surface area (Å²) in [4.78, 5) is 16.0. The molecule has 0 saturated heterocycles. The monoisotopic (exact) mass is 326 g/mol. The molecule has 6 nitrogen and oxygen atoms in total. The van der Waals surface area contributed by atoms with Gasteiger partial charge in [0, 0.05) is 12.1 Å². The van der Waals surface area contributed by atoms with Gasteiger partial charge in [-0.1, -0.05) is 36.4 Å². The van der Waals surface area contributed by atoms with Gasteiger partial charge >= 0.3 is 0 Å². The molecule has 0 spiro atoms. The molecule has 2 aromatic carbocycles. The third-order valence-electron chi connectivity index (χ3n) is 3.44. The Labute approximate surface area is 137 Å². The highest BCUT2D eigenvalue weighted by Gasteiger charge is 2.16. The van der Waals surface area contributed by atoms with Gasteiger partial charge < -0.3 is 10.4 Å². The molecule has 24 heavy (non-hydrogen) atoms. The van der Waals surface area contributed by atoms with Crippen LogP contribution in [0.3, 0.4) is 0 Å². The summed E-state index contributed by atoms with van der Waals surface area (Å²) in [6.45, 7) is -0.139. The van der Waals surface area contributed by atoms with Crippen LogP contribution in [-0.2, 0) is 0 Å². The van der Waals surface area contributed by atoms with Crippen molar-refractivity contribution in [3.8, 4) is 5.69 Å². The van der Waals surface area contributed by atoms with Crippen LogP contribution < -0.4 is 5.32 Å². The zero-order valence-electron chi connectivity index (χ0n) is 12.6. The van der Waals surface area contributed by atoms with Gasteiger partial charge in [-0.15, -0.1) is 5.10 Å². The van der Waals surface area contributed by atoms with Crippen LogP contribution >= 0.6 is 0 Å². The van der Waals surface area contributed by atoms with Crippen molar-refractivity contribution in [3.63, 3.8) is 0 Å². The average Bonchev–Trinajstić information content (AvgIpc) is 3.11. The molecular formula is C17H15FN4O2. The number of aliphatic hydroxyl groups is 1. The number of aromatic nitrogens is 3.